The second-order valence-corrected chi connectivity index (χ2v) is 4.20. The first-order chi connectivity index (χ1) is 6.81. The normalized spacial score (nSPS) is 13.4. The molecule has 1 aromatic rings. The Balaban J connectivity index is 2.55. The Morgan fingerprint density at radius 2 is 2.14 bits per heavy atom. The molecule has 14 heavy (non-hydrogen) atoms. The lowest BCUT2D eigenvalue weighted by Gasteiger charge is -2.19. The first-order valence-electron chi connectivity index (χ1n) is 5.26. The van der Waals surface area contributed by atoms with E-state index in [0.29, 0.717) is 6.04 Å². The van der Waals surface area contributed by atoms with Gasteiger partial charge < -0.3 is 5.32 Å². The molecule has 0 amide bonds. The van der Waals surface area contributed by atoms with Gasteiger partial charge >= 0.3 is 0 Å². The summed E-state index contributed by atoms with van der Waals surface area (Å²) >= 11 is 1.42. The first kappa shape index (κ1) is 11.6. The van der Waals surface area contributed by atoms with Crippen molar-refractivity contribution in [3.8, 4) is 0 Å². The molecule has 0 bridgehead atoms. The van der Waals surface area contributed by atoms with Crippen molar-refractivity contribution in [2.75, 3.05) is 7.05 Å². The predicted molar refractivity (Wildman–Crippen MR) is 60.4 cm³/mol. The van der Waals surface area contributed by atoms with Crippen LogP contribution in [0.15, 0.2) is 5.38 Å². The summed E-state index contributed by atoms with van der Waals surface area (Å²) < 4.78 is 3.90. The molecule has 0 aliphatic heterocycles. The topological polar surface area (TPSA) is 37.8 Å². The largest absolute Gasteiger partial charge is 0.312 e. The van der Waals surface area contributed by atoms with E-state index >= 15 is 0 Å². The monoisotopic (exact) mass is 213 g/mol. The first-order valence-corrected chi connectivity index (χ1v) is 6.09. The average molecular weight is 213 g/mol. The van der Waals surface area contributed by atoms with Gasteiger partial charge in [-0.2, -0.15) is 0 Å². The Kier molecular flexibility index (Phi) is 5.04. The highest BCUT2D eigenvalue weighted by molar-refractivity contribution is 7.03. The third-order valence-corrected chi connectivity index (χ3v) is 3.33. The summed E-state index contributed by atoms with van der Waals surface area (Å²) in [5.74, 6) is 0.786. The van der Waals surface area contributed by atoms with Crippen molar-refractivity contribution in [2.24, 2.45) is 5.92 Å². The van der Waals surface area contributed by atoms with Crippen molar-refractivity contribution in [1.29, 1.82) is 0 Å². The molecule has 4 heteroatoms. The van der Waals surface area contributed by atoms with Gasteiger partial charge in [0.05, 0.1) is 11.7 Å². The van der Waals surface area contributed by atoms with Crippen LogP contribution in [0.3, 0.4) is 0 Å². The molecule has 0 fully saturated rings. The second kappa shape index (κ2) is 6.09. The van der Waals surface area contributed by atoms with Crippen LogP contribution in [0.2, 0.25) is 0 Å². The van der Waals surface area contributed by atoms with Crippen molar-refractivity contribution < 1.29 is 0 Å². The molecule has 1 rings (SSSR count). The maximum atomic E-state index is 4.12. The van der Waals surface area contributed by atoms with Crippen molar-refractivity contribution >= 4 is 11.5 Å². The van der Waals surface area contributed by atoms with Gasteiger partial charge in [0.2, 0.25) is 0 Å². The van der Waals surface area contributed by atoms with Crippen LogP contribution >= 0.6 is 11.5 Å². The maximum Gasteiger partial charge on any atom is 0.0924 e. The molecule has 1 atom stereocenters. The fourth-order valence-electron chi connectivity index (χ4n) is 1.67. The molecule has 3 nitrogen and oxygen atoms in total. The standard InChI is InChI=1S/C10H19N3S/c1-4-8(5-2)6-9(11-3)10-7-14-13-12-10/h7-9,11H,4-6H2,1-3H3. The van der Waals surface area contributed by atoms with Gasteiger partial charge in [-0.15, -0.1) is 5.10 Å². The second-order valence-electron chi connectivity index (χ2n) is 3.59. The van der Waals surface area contributed by atoms with E-state index in [4.69, 9.17) is 0 Å². The molecule has 0 aliphatic rings. The lowest BCUT2D eigenvalue weighted by molar-refractivity contribution is 0.380. The highest BCUT2D eigenvalue weighted by Crippen LogP contribution is 2.23. The van der Waals surface area contributed by atoms with Crippen molar-refractivity contribution in [2.45, 2.75) is 39.2 Å². The Labute approximate surface area is 90.1 Å². The van der Waals surface area contributed by atoms with Gasteiger partial charge in [-0.05, 0) is 30.9 Å². The molecule has 0 saturated heterocycles. The molecule has 0 spiro atoms. The number of hydrogen-bond acceptors (Lipinski definition) is 4. The van der Waals surface area contributed by atoms with E-state index in [1.165, 1.54) is 24.4 Å². The fourth-order valence-corrected chi connectivity index (χ4v) is 2.17. The molecular weight excluding hydrogens is 194 g/mol. The number of hydrogen-bond donors (Lipinski definition) is 1. The van der Waals surface area contributed by atoms with Gasteiger partial charge in [-0.3, -0.25) is 0 Å². The van der Waals surface area contributed by atoms with Crippen molar-refractivity contribution in [3.05, 3.63) is 11.1 Å². The fraction of sp³-hybridized carbons (Fsp3) is 0.800. The van der Waals surface area contributed by atoms with Crippen LogP contribution in [-0.4, -0.2) is 16.6 Å². The number of nitrogens with zero attached hydrogens (tertiary/aromatic N) is 2. The van der Waals surface area contributed by atoms with Crippen LogP contribution in [0.25, 0.3) is 0 Å². The summed E-state index contributed by atoms with van der Waals surface area (Å²) in [6.45, 7) is 4.50. The zero-order valence-corrected chi connectivity index (χ0v) is 9.97. The molecule has 1 unspecified atom stereocenters. The number of rotatable bonds is 6. The SMILES string of the molecule is CCC(CC)CC(NC)c1csnn1. The third-order valence-electron chi connectivity index (χ3n) is 2.81. The highest BCUT2D eigenvalue weighted by atomic mass is 32.1. The minimum Gasteiger partial charge on any atom is -0.312 e. The molecule has 0 aliphatic carbocycles. The number of aromatic nitrogens is 2. The lowest BCUT2D eigenvalue weighted by atomic mass is 9.94. The third kappa shape index (κ3) is 3.03. The highest BCUT2D eigenvalue weighted by Gasteiger charge is 2.16. The molecule has 0 radical (unpaired) electrons. The zero-order valence-electron chi connectivity index (χ0n) is 9.16. The average Bonchev–Trinajstić information content (AvgIpc) is 2.73. The predicted octanol–water partition coefficient (Wildman–Crippen LogP) is 2.62. The van der Waals surface area contributed by atoms with Crippen molar-refractivity contribution in [3.63, 3.8) is 0 Å². The lowest BCUT2D eigenvalue weighted by Crippen LogP contribution is -2.20. The summed E-state index contributed by atoms with van der Waals surface area (Å²) in [6.07, 6.45) is 3.65. The van der Waals surface area contributed by atoms with E-state index in [1.54, 1.807) is 0 Å². The summed E-state index contributed by atoms with van der Waals surface area (Å²) in [6, 6.07) is 0.374. The van der Waals surface area contributed by atoms with Gasteiger partial charge in [0.1, 0.15) is 0 Å². The van der Waals surface area contributed by atoms with Gasteiger partial charge in [0.25, 0.3) is 0 Å². The van der Waals surface area contributed by atoms with E-state index in [9.17, 15) is 0 Å². The van der Waals surface area contributed by atoms with Gasteiger partial charge in [0.15, 0.2) is 0 Å². The smallest absolute Gasteiger partial charge is 0.0924 e. The van der Waals surface area contributed by atoms with E-state index in [-0.39, 0.29) is 0 Å². The molecule has 0 aromatic carbocycles. The summed E-state index contributed by atoms with van der Waals surface area (Å²) in [5.41, 5.74) is 1.09. The van der Waals surface area contributed by atoms with Gasteiger partial charge in [-0.1, -0.05) is 31.2 Å². The van der Waals surface area contributed by atoms with Crippen LogP contribution in [0.5, 0.6) is 0 Å². The Morgan fingerprint density at radius 1 is 1.43 bits per heavy atom. The van der Waals surface area contributed by atoms with Gasteiger partial charge in [-0.25, -0.2) is 0 Å². The van der Waals surface area contributed by atoms with E-state index in [2.05, 4.69) is 28.8 Å². The van der Waals surface area contributed by atoms with E-state index < -0.39 is 0 Å². The molecular formula is C10H19N3S. The molecule has 1 heterocycles. The number of nitrogens with one attached hydrogen (secondary N) is 1. The zero-order chi connectivity index (χ0) is 10.4. The Hall–Kier alpha value is -0.480. The van der Waals surface area contributed by atoms with E-state index in [1.807, 2.05) is 12.4 Å². The van der Waals surface area contributed by atoms with E-state index in [0.717, 1.165) is 18.0 Å². The minimum atomic E-state index is 0.374. The van der Waals surface area contributed by atoms with Crippen LogP contribution in [-0.2, 0) is 0 Å². The quantitative estimate of drug-likeness (QED) is 0.789. The molecule has 80 valence electrons. The molecule has 0 saturated carbocycles. The Bertz CT molecular complexity index is 232. The minimum absolute atomic E-state index is 0.374. The molecule has 1 N–H and O–H groups in total. The van der Waals surface area contributed by atoms with Crippen LogP contribution < -0.4 is 5.32 Å². The van der Waals surface area contributed by atoms with Crippen molar-refractivity contribution in [1.82, 2.24) is 14.9 Å². The van der Waals surface area contributed by atoms with Crippen LogP contribution in [0, 0.1) is 5.92 Å². The Morgan fingerprint density at radius 3 is 2.57 bits per heavy atom. The summed E-state index contributed by atoms with van der Waals surface area (Å²) in [7, 11) is 1.99. The summed E-state index contributed by atoms with van der Waals surface area (Å²) in [4.78, 5) is 0. The molecule has 1 aromatic heterocycles. The summed E-state index contributed by atoms with van der Waals surface area (Å²) in [5, 5.41) is 9.45. The van der Waals surface area contributed by atoms with Crippen LogP contribution in [0.1, 0.15) is 44.8 Å². The van der Waals surface area contributed by atoms with Gasteiger partial charge in [0, 0.05) is 5.38 Å². The van der Waals surface area contributed by atoms with Crippen LogP contribution in [0.4, 0.5) is 0 Å². The maximum absolute atomic E-state index is 4.12.